The van der Waals surface area contributed by atoms with E-state index in [4.69, 9.17) is 0 Å². The third-order valence-corrected chi connectivity index (χ3v) is 5.42. The molecule has 6 rings (SSSR count). The van der Waals surface area contributed by atoms with Gasteiger partial charge in [-0.3, -0.25) is 4.79 Å². The van der Waals surface area contributed by atoms with Gasteiger partial charge in [0.25, 0.3) is 0 Å². The van der Waals surface area contributed by atoms with Crippen molar-refractivity contribution in [3.63, 3.8) is 0 Å². The number of fused-ring (bicyclic) bond motifs is 3. The zero-order valence-electron chi connectivity index (χ0n) is 14.4. The summed E-state index contributed by atoms with van der Waals surface area (Å²) in [5.41, 5.74) is 1.97. The number of hydrogen-bond donors (Lipinski definition) is 0. The average molecular weight is 348 g/mol. The van der Waals surface area contributed by atoms with Crippen molar-refractivity contribution in [1.29, 1.82) is 0 Å². The number of aryl methyl sites for hydroxylation is 1. The number of rotatable bonds is 4. The Hall–Kier alpha value is -2.96. The summed E-state index contributed by atoms with van der Waals surface area (Å²) < 4.78 is 1.69. The Morgan fingerprint density at radius 2 is 1.88 bits per heavy atom. The van der Waals surface area contributed by atoms with Gasteiger partial charge in [-0.15, -0.1) is 15.3 Å². The van der Waals surface area contributed by atoms with Crippen LogP contribution in [0, 0.1) is 0 Å². The van der Waals surface area contributed by atoms with E-state index in [1.54, 1.807) is 10.8 Å². The fraction of sp³-hybridized carbons (Fsp3) is 0.368. The van der Waals surface area contributed by atoms with Crippen LogP contribution in [0.1, 0.15) is 18.4 Å². The van der Waals surface area contributed by atoms with Crippen molar-refractivity contribution in [3.05, 3.63) is 54.4 Å². The Morgan fingerprint density at radius 3 is 2.69 bits per heavy atom. The molecule has 0 aliphatic carbocycles. The van der Waals surface area contributed by atoms with E-state index in [-0.39, 0.29) is 5.91 Å². The van der Waals surface area contributed by atoms with Crippen LogP contribution < -0.4 is 4.90 Å². The van der Waals surface area contributed by atoms with Crippen molar-refractivity contribution in [1.82, 2.24) is 24.7 Å². The molecule has 3 aromatic rings. The first kappa shape index (κ1) is 15.3. The smallest absolute Gasteiger partial charge is 0.223 e. The highest BCUT2D eigenvalue weighted by Gasteiger charge is 2.47. The molecule has 3 saturated heterocycles. The van der Waals surface area contributed by atoms with Crippen LogP contribution in [0.15, 0.2) is 48.8 Å². The first-order valence-corrected chi connectivity index (χ1v) is 9.05. The molecule has 7 nitrogen and oxygen atoms in total. The molecule has 2 bridgehead atoms. The van der Waals surface area contributed by atoms with Crippen LogP contribution in [0.25, 0.3) is 5.65 Å². The van der Waals surface area contributed by atoms with Crippen LogP contribution in [0.3, 0.4) is 0 Å². The van der Waals surface area contributed by atoms with Crippen molar-refractivity contribution in [2.24, 2.45) is 0 Å². The minimum atomic E-state index is 0.275. The highest BCUT2D eigenvalue weighted by molar-refractivity contribution is 5.78. The van der Waals surface area contributed by atoms with Gasteiger partial charge < -0.3 is 9.80 Å². The van der Waals surface area contributed by atoms with E-state index in [2.05, 4.69) is 37.2 Å². The monoisotopic (exact) mass is 348 g/mol. The first-order valence-electron chi connectivity index (χ1n) is 9.05. The van der Waals surface area contributed by atoms with Crippen molar-refractivity contribution in [3.8, 4) is 0 Å². The minimum absolute atomic E-state index is 0.275. The summed E-state index contributed by atoms with van der Waals surface area (Å²) in [4.78, 5) is 17.0. The predicted molar refractivity (Wildman–Crippen MR) is 96.8 cm³/mol. The number of amides is 1. The second-order valence-electron chi connectivity index (χ2n) is 7.06. The fourth-order valence-electron chi connectivity index (χ4n) is 4.12. The highest BCUT2D eigenvalue weighted by Crippen LogP contribution is 2.34. The van der Waals surface area contributed by atoms with Crippen LogP contribution >= 0.6 is 0 Å². The molecule has 0 radical (unpaired) electrons. The maximum absolute atomic E-state index is 12.7. The lowest BCUT2D eigenvalue weighted by molar-refractivity contribution is -0.146. The van der Waals surface area contributed by atoms with Crippen LogP contribution in [-0.4, -0.2) is 55.8 Å². The summed E-state index contributed by atoms with van der Waals surface area (Å²) in [5, 5.41) is 12.4. The van der Waals surface area contributed by atoms with Crippen LogP contribution in [-0.2, 0) is 11.2 Å². The average Bonchev–Trinajstić information content (AvgIpc) is 3.15. The highest BCUT2D eigenvalue weighted by atomic mass is 16.2. The second kappa shape index (κ2) is 6.09. The molecule has 2 aromatic heterocycles. The molecule has 2 atom stereocenters. The Morgan fingerprint density at radius 1 is 1.08 bits per heavy atom. The summed E-state index contributed by atoms with van der Waals surface area (Å²) in [5.74, 6) is 1.19. The number of carbonyl (C=O) groups is 1. The van der Waals surface area contributed by atoms with Gasteiger partial charge in [0.2, 0.25) is 5.91 Å². The summed E-state index contributed by atoms with van der Waals surface area (Å²) in [6, 6.07) is 14.7. The lowest BCUT2D eigenvalue weighted by Crippen LogP contribution is -2.70. The maximum Gasteiger partial charge on any atom is 0.223 e. The topological polar surface area (TPSA) is 66.6 Å². The summed E-state index contributed by atoms with van der Waals surface area (Å²) >= 11 is 0. The molecular formula is C19H20N6O. The minimum Gasteiger partial charge on any atom is -0.351 e. The van der Waals surface area contributed by atoms with Gasteiger partial charge >= 0.3 is 0 Å². The number of aromatic nitrogens is 4. The van der Waals surface area contributed by atoms with E-state index in [1.165, 1.54) is 5.56 Å². The Balaban J connectivity index is 1.23. The molecule has 3 aliphatic rings. The Kier molecular flexibility index (Phi) is 3.58. The molecule has 3 fully saturated rings. The van der Waals surface area contributed by atoms with Crippen LogP contribution in [0.4, 0.5) is 5.82 Å². The van der Waals surface area contributed by atoms with Gasteiger partial charge in [-0.1, -0.05) is 30.3 Å². The van der Waals surface area contributed by atoms with E-state index in [0.29, 0.717) is 18.5 Å². The lowest BCUT2D eigenvalue weighted by Gasteiger charge is -2.56. The molecule has 1 amide bonds. The molecular weight excluding hydrogens is 328 g/mol. The van der Waals surface area contributed by atoms with Crippen LogP contribution in [0.2, 0.25) is 0 Å². The zero-order chi connectivity index (χ0) is 17.5. The quantitative estimate of drug-likeness (QED) is 0.716. The largest absolute Gasteiger partial charge is 0.351 e. The molecule has 0 spiro atoms. The third-order valence-electron chi connectivity index (χ3n) is 5.42. The van der Waals surface area contributed by atoms with E-state index < -0.39 is 0 Å². The number of benzene rings is 1. The van der Waals surface area contributed by atoms with E-state index in [1.807, 2.05) is 30.3 Å². The molecule has 1 aromatic carbocycles. The molecule has 26 heavy (non-hydrogen) atoms. The molecule has 132 valence electrons. The van der Waals surface area contributed by atoms with Gasteiger partial charge in [-0.25, -0.2) is 0 Å². The van der Waals surface area contributed by atoms with Gasteiger partial charge in [-0.05, 0) is 30.5 Å². The molecule has 0 saturated carbocycles. The fourth-order valence-corrected chi connectivity index (χ4v) is 4.12. The van der Waals surface area contributed by atoms with E-state index in [9.17, 15) is 4.79 Å². The van der Waals surface area contributed by atoms with Gasteiger partial charge in [0.05, 0.1) is 12.1 Å². The third kappa shape index (κ3) is 2.60. The van der Waals surface area contributed by atoms with Gasteiger partial charge in [-0.2, -0.15) is 4.52 Å². The number of nitrogens with zero attached hydrogens (tertiary/aromatic N) is 6. The summed E-state index contributed by atoms with van der Waals surface area (Å²) in [6.07, 6.45) is 4.11. The standard InChI is InChI=1S/C19H20N6O/c26-19(9-6-14-4-2-1-3-5-14)25-15-10-16(25)12-23(11-15)18-8-7-17-21-20-13-24(17)22-18/h1-5,7-8,13,15-16H,6,9-12H2. The van der Waals surface area contributed by atoms with Gasteiger partial charge in [0, 0.05) is 19.5 Å². The maximum atomic E-state index is 12.7. The Labute approximate surface area is 151 Å². The van der Waals surface area contributed by atoms with Crippen molar-refractivity contribution in [2.45, 2.75) is 31.3 Å². The first-order chi connectivity index (χ1) is 12.8. The van der Waals surface area contributed by atoms with Crippen molar-refractivity contribution in [2.75, 3.05) is 18.0 Å². The number of carbonyl (C=O) groups excluding carboxylic acids is 1. The van der Waals surface area contributed by atoms with Crippen molar-refractivity contribution < 1.29 is 4.79 Å². The summed E-state index contributed by atoms with van der Waals surface area (Å²) in [6.45, 7) is 1.68. The summed E-state index contributed by atoms with van der Waals surface area (Å²) in [7, 11) is 0. The number of anilines is 1. The predicted octanol–water partition coefficient (Wildman–Crippen LogP) is 1.55. The number of piperazine rings is 1. The molecule has 0 N–H and O–H groups in total. The Bertz CT molecular complexity index is 927. The normalized spacial score (nSPS) is 21.7. The molecule has 7 heteroatoms. The van der Waals surface area contributed by atoms with E-state index >= 15 is 0 Å². The van der Waals surface area contributed by atoms with Gasteiger partial charge in [0.1, 0.15) is 12.1 Å². The number of piperidine rings is 1. The second-order valence-corrected chi connectivity index (χ2v) is 7.06. The molecule has 5 heterocycles. The van der Waals surface area contributed by atoms with Crippen LogP contribution in [0.5, 0.6) is 0 Å². The number of hydrogen-bond acceptors (Lipinski definition) is 5. The zero-order valence-corrected chi connectivity index (χ0v) is 14.4. The molecule has 2 unspecified atom stereocenters. The molecule has 3 aliphatic heterocycles. The lowest BCUT2D eigenvalue weighted by atomic mass is 9.86. The van der Waals surface area contributed by atoms with Crippen molar-refractivity contribution >= 4 is 17.4 Å². The van der Waals surface area contributed by atoms with Gasteiger partial charge in [0.15, 0.2) is 5.65 Å². The SMILES string of the molecule is O=C(CCc1ccccc1)N1C2CC1CN(c1ccc3nncn3n1)C2. The van der Waals surface area contributed by atoms with E-state index in [0.717, 1.165) is 37.4 Å².